The third kappa shape index (κ3) is 4.25. The Bertz CT molecular complexity index is 898. The van der Waals surface area contributed by atoms with Crippen LogP contribution in [0.1, 0.15) is 17.5 Å². The fraction of sp³-hybridized carbons (Fsp3) is 0.273. The van der Waals surface area contributed by atoms with Crippen molar-refractivity contribution >= 4 is 44.2 Å². The Hall–Kier alpha value is -1.49. The molecule has 4 rings (SSSR count). The minimum Gasteiger partial charge on any atom is -0.361 e. The summed E-state index contributed by atoms with van der Waals surface area (Å²) in [6.45, 7) is 3.39. The molecule has 1 N–H and O–H groups in total. The molecule has 2 heterocycles. The van der Waals surface area contributed by atoms with Gasteiger partial charge in [-0.05, 0) is 41.3 Å². The van der Waals surface area contributed by atoms with E-state index in [1.807, 2.05) is 11.8 Å². The lowest BCUT2D eigenvalue weighted by atomic mass is 10.00. The topological polar surface area (TPSA) is 19.0 Å². The van der Waals surface area contributed by atoms with Crippen LogP contribution in [-0.2, 0) is 5.75 Å². The van der Waals surface area contributed by atoms with Gasteiger partial charge in [-0.1, -0.05) is 52.3 Å². The van der Waals surface area contributed by atoms with Crippen LogP contribution >= 0.6 is 27.7 Å². The number of nitrogens with zero attached hydrogens (tertiary/aromatic N) is 1. The van der Waals surface area contributed by atoms with Crippen molar-refractivity contribution in [3.05, 3.63) is 76.4 Å². The van der Waals surface area contributed by atoms with Gasteiger partial charge in [0.25, 0.3) is 0 Å². The molecule has 0 atom stereocenters. The predicted octanol–water partition coefficient (Wildman–Crippen LogP) is 5.95. The third-order valence-electron chi connectivity index (χ3n) is 4.99. The summed E-state index contributed by atoms with van der Waals surface area (Å²) in [5, 5.41) is 1.36. The third-order valence-corrected chi connectivity index (χ3v) is 6.51. The van der Waals surface area contributed by atoms with Crippen molar-refractivity contribution in [3.8, 4) is 0 Å². The molecular weight excluding hydrogens is 404 g/mol. The van der Waals surface area contributed by atoms with Crippen molar-refractivity contribution in [2.24, 2.45) is 0 Å². The fourth-order valence-corrected chi connectivity index (χ4v) is 4.72. The maximum absolute atomic E-state index is 3.51. The minimum absolute atomic E-state index is 1.07. The number of fused-ring (bicyclic) bond motifs is 1. The van der Waals surface area contributed by atoms with Gasteiger partial charge < -0.3 is 4.98 Å². The number of hydrogen-bond acceptors (Lipinski definition) is 2. The van der Waals surface area contributed by atoms with Crippen LogP contribution in [0.2, 0.25) is 0 Å². The van der Waals surface area contributed by atoms with Crippen molar-refractivity contribution in [1.82, 2.24) is 9.88 Å². The van der Waals surface area contributed by atoms with E-state index in [0.717, 1.165) is 36.3 Å². The molecule has 1 aromatic heterocycles. The molecular formula is C22H23BrN2S. The van der Waals surface area contributed by atoms with Crippen LogP contribution in [0, 0.1) is 0 Å². The maximum atomic E-state index is 3.51. The first-order valence-corrected chi connectivity index (χ1v) is 11.0. The van der Waals surface area contributed by atoms with E-state index in [1.54, 1.807) is 0 Å². The Morgan fingerprint density at radius 3 is 2.73 bits per heavy atom. The highest BCUT2D eigenvalue weighted by atomic mass is 79.9. The zero-order chi connectivity index (χ0) is 17.8. The Morgan fingerprint density at radius 1 is 1.08 bits per heavy atom. The summed E-state index contributed by atoms with van der Waals surface area (Å²) in [6.07, 6.45) is 5.71. The highest BCUT2D eigenvalue weighted by molar-refractivity contribution is 9.10. The molecule has 4 heteroatoms. The molecule has 26 heavy (non-hydrogen) atoms. The number of thioether (sulfide) groups is 1. The van der Waals surface area contributed by atoms with E-state index < -0.39 is 0 Å². The molecule has 0 saturated heterocycles. The summed E-state index contributed by atoms with van der Waals surface area (Å²) in [5.41, 5.74) is 5.51. The number of halogens is 1. The van der Waals surface area contributed by atoms with E-state index in [9.17, 15) is 0 Å². The van der Waals surface area contributed by atoms with Crippen molar-refractivity contribution in [2.45, 2.75) is 12.2 Å². The van der Waals surface area contributed by atoms with E-state index in [4.69, 9.17) is 0 Å². The zero-order valence-corrected chi connectivity index (χ0v) is 17.2. The van der Waals surface area contributed by atoms with E-state index in [0.29, 0.717) is 0 Å². The maximum Gasteiger partial charge on any atom is 0.0457 e. The molecule has 0 amide bonds. The van der Waals surface area contributed by atoms with Crippen LogP contribution in [0.5, 0.6) is 0 Å². The lowest BCUT2D eigenvalue weighted by Gasteiger charge is -2.26. The molecule has 0 saturated carbocycles. The molecule has 3 aromatic rings. The molecule has 1 aliphatic rings. The Labute approximate surface area is 167 Å². The van der Waals surface area contributed by atoms with Gasteiger partial charge in [0.2, 0.25) is 0 Å². The fourth-order valence-electron chi connectivity index (χ4n) is 3.47. The molecule has 2 nitrogen and oxygen atoms in total. The summed E-state index contributed by atoms with van der Waals surface area (Å²) in [6, 6.07) is 17.2. The normalized spacial score (nSPS) is 15.3. The van der Waals surface area contributed by atoms with Gasteiger partial charge in [0.15, 0.2) is 0 Å². The molecule has 134 valence electrons. The molecule has 0 bridgehead atoms. The van der Waals surface area contributed by atoms with Gasteiger partial charge in [0, 0.05) is 52.7 Å². The van der Waals surface area contributed by atoms with Crippen LogP contribution in [0.15, 0.2) is 65.3 Å². The van der Waals surface area contributed by atoms with Gasteiger partial charge in [-0.2, -0.15) is 11.8 Å². The highest BCUT2D eigenvalue weighted by Gasteiger charge is 2.12. The number of nitrogens with one attached hydrogen (secondary N) is 1. The molecule has 0 fully saturated rings. The van der Waals surface area contributed by atoms with Crippen molar-refractivity contribution in [2.75, 3.05) is 25.4 Å². The lowest BCUT2D eigenvalue weighted by molar-refractivity contribution is 0.321. The summed E-state index contributed by atoms with van der Waals surface area (Å²) in [7, 11) is 0. The SMILES string of the molecule is Brc1ccc(C2=CCN(CCSCc3c[nH]c4ccccc34)CC2)cc1. The smallest absolute Gasteiger partial charge is 0.0457 e. The largest absolute Gasteiger partial charge is 0.361 e. The Morgan fingerprint density at radius 2 is 1.92 bits per heavy atom. The van der Waals surface area contributed by atoms with Crippen LogP contribution in [0.3, 0.4) is 0 Å². The second-order valence-electron chi connectivity index (χ2n) is 6.70. The quantitative estimate of drug-likeness (QED) is 0.490. The molecule has 0 unspecified atom stereocenters. The van der Waals surface area contributed by atoms with Gasteiger partial charge in [-0.15, -0.1) is 0 Å². The number of rotatable bonds is 6. The first-order chi connectivity index (χ1) is 12.8. The second kappa shape index (κ2) is 8.47. The van der Waals surface area contributed by atoms with Crippen LogP contribution < -0.4 is 0 Å². The average Bonchev–Trinajstić information content (AvgIpc) is 3.10. The van der Waals surface area contributed by atoms with Crippen molar-refractivity contribution in [3.63, 3.8) is 0 Å². The summed E-state index contributed by atoms with van der Waals surface area (Å²) < 4.78 is 1.14. The lowest BCUT2D eigenvalue weighted by Crippen LogP contribution is -2.30. The Balaban J connectivity index is 1.24. The molecule has 2 aromatic carbocycles. The number of H-pyrrole nitrogens is 1. The van der Waals surface area contributed by atoms with E-state index >= 15 is 0 Å². The van der Waals surface area contributed by atoms with E-state index in [2.05, 4.69) is 86.6 Å². The van der Waals surface area contributed by atoms with E-state index in [1.165, 1.54) is 33.4 Å². The molecule has 0 aliphatic carbocycles. The summed E-state index contributed by atoms with van der Waals surface area (Å²) in [4.78, 5) is 5.93. The second-order valence-corrected chi connectivity index (χ2v) is 8.72. The summed E-state index contributed by atoms with van der Waals surface area (Å²) >= 11 is 5.54. The average molecular weight is 427 g/mol. The van der Waals surface area contributed by atoms with Gasteiger partial charge in [-0.25, -0.2) is 0 Å². The van der Waals surface area contributed by atoms with Gasteiger partial charge in [-0.3, -0.25) is 4.90 Å². The highest BCUT2D eigenvalue weighted by Crippen LogP contribution is 2.25. The Kier molecular flexibility index (Phi) is 5.83. The van der Waals surface area contributed by atoms with Gasteiger partial charge >= 0.3 is 0 Å². The number of benzene rings is 2. The van der Waals surface area contributed by atoms with Crippen LogP contribution in [0.25, 0.3) is 16.5 Å². The standard InChI is InChI=1S/C22H23BrN2S/c23-20-7-5-17(6-8-20)18-9-11-25(12-10-18)13-14-26-16-19-15-24-22-4-2-1-3-21(19)22/h1-9,15,24H,10-14,16H2. The van der Waals surface area contributed by atoms with Gasteiger partial charge in [0.05, 0.1) is 0 Å². The monoisotopic (exact) mass is 426 g/mol. The zero-order valence-electron chi connectivity index (χ0n) is 14.7. The molecule has 0 spiro atoms. The predicted molar refractivity (Wildman–Crippen MR) is 118 cm³/mol. The van der Waals surface area contributed by atoms with Gasteiger partial charge in [0.1, 0.15) is 0 Å². The molecule has 1 aliphatic heterocycles. The first kappa shape index (κ1) is 17.9. The van der Waals surface area contributed by atoms with Crippen molar-refractivity contribution < 1.29 is 0 Å². The van der Waals surface area contributed by atoms with Crippen LogP contribution in [0.4, 0.5) is 0 Å². The minimum atomic E-state index is 1.07. The van der Waals surface area contributed by atoms with E-state index in [-0.39, 0.29) is 0 Å². The summed E-state index contributed by atoms with van der Waals surface area (Å²) in [5.74, 6) is 2.26. The number of para-hydroxylation sites is 1. The van der Waals surface area contributed by atoms with Crippen LogP contribution in [-0.4, -0.2) is 35.3 Å². The first-order valence-electron chi connectivity index (χ1n) is 9.10. The van der Waals surface area contributed by atoms with Crippen molar-refractivity contribution in [1.29, 1.82) is 0 Å². The number of aromatic nitrogens is 1. The molecule has 0 radical (unpaired) electrons. The number of aromatic amines is 1. The number of hydrogen-bond donors (Lipinski definition) is 1.